The Morgan fingerprint density at radius 1 is 1.43 bits per heavy atom. The van der Waals surface area contributed by atoms with Crippen LogP contribution in [0, 0.1) is 5.92 Å². The highest BCUT2D eigenvalue weighted by Crippen LogP contribution is 2.23. The Morgan fingerprint density at radius 3 is 2.64 bits per heavy atom. The van der Waals surface area contributed by atoms with Gasteiger partial charge in [0, 0.05) is 12.5 Å². The van der Waals surface area contributed by atoms with Gasteiger partial charge in [0.05, 0.1) is 7.11 Å². The summed E-state index contributed by atoms with van der Waals surface area (Å²) < 4.78 is 5.22. The zero-order chi connectivity index (χ0) is 10.6. The monoisotopic (exact) mass is 193 g/mol. The molecule has 0 radical (unpaired) electrons. The Bertz CT molecular complexity index is 274. The molecule has 0 N–H and O–H groups in total. The molecule has 1 aliphatic rings. The third kappa shape index (κ3) is 2.74. The molecule has 0 fully saturated rings. The first kappa shape index (κ1) is 11.1. The second kappa shape index (κ2) is 5.01. The maximum Gasteiger partial charge on any atom is 0.115 e. The van der Waals surface area contributed by atoms with E-state index in [4.69, 9.17) is 4.74 Å². The zero-order valence-corrected chi connectivity index (χ0v) is 9.45. The van der Waals surface area contributed by atoms with Crippen molar-refractivity contribution in [3.05, 3.63) is 35.6 Å². The van der Waals surface area contributed by atoms with E-state index in [-0.39, 0.29) is 0 Å². The van der Waals surface area contributed by atoms with Crippen LogP contribution in [0.25, 0.3) is 0 Å². The zero-order valence-electron chi connectivity index (χ0n) is 9.45. The minimum atomic E-state index is 0.454. The van der Waals surface area contributed by atoms with Crippen LogP contribution in [0.2, 0.25) is 0 Å². The molecule has 0 amide bonds. The maximum absolute atomic E-state index is 5.22. The van der Waals surface area contributed by atoms with E-state index in [0.717, 1.165) is 12.3 Å². The van der Waals surface area contributed by atoms with Gasteiger partial charge in [0.1, 0.15) is 5.76 Å². The molecule has 0 bridgehead atoms. The summed E-state index contributed by atoms with van der Waals surface area (Å²) in [5, 5.41) is 0. The van der Waals surface area contributed by atoms with Gasteiger partial charge in [-0.3, -0.25) is 0 Å². The smallest absolute Gasteiger partial charge is 0.115 e. The molecule has 2 nitrogen and oxygen atoms in total. The first-order valence-electron chi connectivity index (χ1n) is 4.92. The molecule has 1 atom stereocenters. The van der Waals surface area contributed by atoms with Gasteiger partial charge in [-0.25, -0.2) is 0 Å². The van der Waals surface area contributed by atoms with Crippen molar-refractivity contribution in [2.75, 3.05) is 27.7 Å². The van der Waals surface area contributed by atoms with E-state index in [1.54, 1.807) is 7.11 Å². The fraction of sp³-hybridized carbons (Fsp3) is 0.500. The van der Waals surface area contributed by atoms with Crippen LogP contribution in [0.1, 0.15) is 6.92 Å². The quantitative estimate of drug-likeness (QED) is 0.681. The molecule has 1 aliphatic carbocycles. The second-order valence-corrected chi connectivity index (χ2v) is 3.76. The molecular formula is C12H19NO. The Morgan fingerprint density at radius 2 is 2.14 bits per heavy atom. The molecule has 1 rings (SSSR count). The number of allylic oxidation sites excluding steroid dienone is 3. The molecule has 0 saturated heterocycles. The first-order valence-corrected chi connectivity index (χ1v) is 4.92. The lowest BCUT2D eigenvalue weighted by Gasteiger charge is -2.22. The summed E-state index contributed by atoms with van der Waals surface area (Å²) >= 11 is 0. The van der Waals surface area contributed by atoms with E-state index in [1.807, 2.05) is 6.08 Å². The van der Waals surface area contributed by atoms with Crippen molar-refractivity contribution in [3.8, 4) is 0 Å². The van der Waals surface area contributed by atoms with Gasteiger partial charge in [-0.2, -0.15) is 0 Å². The lowest BCUT2D eigenvalue weighted by Crippen LogP contribution is -2.22. The summed E-state index contributed by atoms with van der Waals surface area (Å²) in [4.78, 5) is 2.19. The fourth-order valence-electron chi connectivity index (χ4n) is 1.65. The molecule has 0 aromatic carbocycles. The minimum absolute atomic E-state index is 0.454. The first-order chi connectivity index (χ1) is 6.67. The van der Waals surface area contributed by atoms with Gasteiger partial charge in [-0.15, -0.1) is 0 Å². The van der Waals surface area contributed by atoms with E-state index < -0.39 is 0 Å². The summed E-state index contributed by atoms with van der Waals surface area (Å²) in [5.41, 5.74) is 1.36. The normalized spacial score (nSPS) is 24.2. The van der Waals surface area contributed by atoms with Crippen LogP contribution >= 0.6 is 0 Å². The van der Waals surface area contributed by atoms with Gasteiger partial charge in [0.2, 0.25) is 0 Å². The standard InChI is InChI=1S/C12H19NO/c1-5-10-6-7-12(14-4)8-11(10)9-13(2)3/h5-8,11H,9H2,1-4H3/b10-5+. The molecule has 0 saturated carbocycles. The van der Waals surface area contributed by atoms with Crippen LogP contribution in [0.5, 0.6) is 0 Å². The summed E-state index contributed by atoms with van der Waals surface area (Å²) in [6, 6.07) is 0. The van der Waals surface area contributed by atoms with Crippen molar-refractivity contribution in [1.29, 1.82) is 0 Å². The largest absolute Gasteiger partial charge is 0.497 e. The minimum Gasteiger partial charge on any atom is -0.497 e. The highest BCUT2D eigenvalue weighted by molar-refractivity contribution is 5.35. The summed E-state index contributed by atoms with van der Waals surface area (Å²) in [6.07, 6.45) is 8.48. The van der Waals surface area contributed by atoms with Crippen LogP contribution in [0.15, 0.2) is 35.6 Å². The molecule has 0 heterocycles. The Labute approximate surface area is 86.6 Å². The molecule has 14 heavy (non-hydrogen) atoms. The summed E-state index contributed by atoms with van der Waals surface area (Å²) in [7, 11) is 5.89. The maximum atomic E-state index is 5.22. The van der Waals surface area contributed by atoms with E-state index in [1.165, 1.54) is 5.57 Å². The van der Waals surface area contributed by atoms with Gasteiger partial charge in [-0.05, 0) is 38.7 Å². The molecule has 0 aromatic rings. The Kier molecular flexibility index (Phi) is 3.96. The number of rotatable bonds is 3. The lowest BCUT2D eigenvalue weighted by atomic mass is 9.93. The molecule has 2 heteroatoms. The van der Waals surface area contributed by atoms with E-state index in [0.29, 0.717) is 5.92 Å². The Hall–Kier alpha value is -1.02. The lowest BCUT2D eigenvalue weighted by molar-refractivity contribution is 0.297. The van der Waals surface area contributed by atoms with E-state index in [2.05, 4.69) is 44.1 Å². The van der Waals surface area contributed by atoms with Crippen molar-refractivity contribution in [2.24, 2.45) is 5.92 Å². The fourth-order valence-corrected chi connectivity index (χ4v) is 1.65. The van der Waals surface area contributed by atoms with Gasteiger partial charge < -0.3 is 9.64 Å². The van der Waals surface area contributed by atoms with Crippen molar-refractivity contribution in [3.63, 3.8) is 0 Å². The highest BCUT2D eigenvalue weighted by atomic mass is 16.5. The summed E-state index contributed by atoms with van der Waals surface area (Å²) in [6.45, 7) is 3.10. The van der Waals surface area contributed by atoms with Gasteiger partial charge in [-0.1, -0.05) is 12.2 Å². The second-order valence-electron chi connectivity index (χ2n) is 3.76. The van der Waals surface area contributed by atoms with Gasteiger partial charge >= 0.3 is 0 Å². The predicted molar refractivity (Wildman–Crippen MR) is 60.0 cm³/mol. The third-order valence-corrected chi connectivity index (χ3v) is 2.36. The van der Waals surface area contributed by atoms with Crippen molar-refractivity contribution in [2.45, 2.75) is 6.92 Å². The third-order valence-electron chi connectivity index (χ3n) is 2.36. The SMILES string of the molecule is C/C=C1\C=CC(OC)=CC1CN(C)C. The molecule has 78 valence electrons. The average molecular weight is 193 g/mol. The van der Waals surface area contributed by atoms with Crippen LogP contribution in [0.3, 0.4) is 0 Å². The number of methoxy groups -OCH3 is 1. The number of nitrogens with zero attached hydrogens (tertiary/aromatic N) is 1. The Balaban J connectivity index is 2.78. The van der Waals surface area contributed by atoms with E-state index >= 15 is 0 Å². The van der Waals surface area contributed by atoms with Crippen LogP contribution in [-0.2, 0) is 4.74 Å². The number of ether oxygens (including phenoxy) is 1. The topological polar surface area (TPSA) is 12.5 Å². The van der Waals surface area contributed by atoms with Crippen LogP contribution in [-0.4, -0.2) is 32.6 Å². The molecule has 0 aromatic heterocycles. The molecule has 1 unspecified atom stereocenters. The molecule has 0 aliphatic heterocycles. The molecular weight excluding hydrogens is 174 g/mol. The van der Waals surface area contributed by atoms with Crippen molar-refractivity contribution in [1.82, 2.24) is 4.90 Å². The van der Waals surface area contributed by atoms with E-state index in [9.17, 15) is 0 Å². The van der Waals surface area contributed by atoms with Crippen LogP contribution in [0.4, 0.5) is 0 Å². The molecule has 0 spiro atoms. The average Bonchev–Trinajstić information content (AvgIpc) is 2.16. The van der Waals surface area contributed by atoms with Crippen molar-refractivity contribution < 1.29 is 4.74 Å². The predicted octanol–water partition coefficient (Wildman–Crippen LogP) is 2.21. The summed E-state index contributed by atoms with van der Waals surface area (Å²) in [5.74, 6) is 1.41. The van der Waals surface area contributed by atoms with Crippen LogP contribution < -0.4 is 0 Å². The number of hydrogen-bond acceptors (Lipinski definition) is 2. The van der Waals surface area contributed by atoms with Gasteiger partial charge in [0.25, 0.3) is 0 Å². The van der Waals surface area contributed by atoms with Crippen molar-refractivity contribution >= 4 is 0 Å². The van der Waals surface area contributed by atoms with Gasteiger partial charge in [0.15, 0.2) is 0 Å². The highest BCUT2D eigenvalue weighted by Gasteiger charge is 2.14. The number of hydrogen-bond donors (Lipinski definition) is 0.